The third-order valence-electron chi connectivity index (χ3n) is 2.58. The second-order valence-electron chi connectivity index (χ2n) is 3.78. The largest absolute Gasteiger partial charge is 0.306 e. The molecule has 0 bridgehead atoms. The Morgan fingerprint density at radius 1 is 1.17 bits per heavy atom. The fourth-order valence-electron chi connectivity index (χ4n) is 1.79. The van der Waals surface area contributed by atoms with Gasteiger partial charge in [0.25, 0.3) is 0 Å². The van der Waals surface area contributed by atoms with Crippen LogP contribution in [-0.2, 0) is 0 Å². The summed E-state index contributed by atoms with van der Waals surface area (Å²) in [6, 6.07) is 9.61. The maximum Gasteiger partial charge on any atom is 0.0931 e. The van der Waals surface area contributed by atoms with Crippen molar-refractivity contribution in [2.75, 3.05) is 6.54 Å². The Morgan fingerprint density at radius 2 is 1.94 bits per heavy atom. The highest BCUT2D eigenvalue weighted by Gasteiger charge is 2.19. The van der Waals surface area contributed by atoms with Crippen molar-refractivity contribution in [2.45, 2.75) is 13.0 Å². The quantitative estimate of drug-likeness (QED) is 0.794. The lowest BCUT2D eigenvalue weighted by molar-refractivity contribution is 0.640. The summed E-state index contributed by atoms with van der Waals surface area (Å²) in [5.74, 6) is 0. The molecule has 5 heteroatoms. The van der Waals surface area contributed by atoms with Gasteiger partial charge in [0, 0.05) is 4.88 Å². The monoisotopic (exact) mass is 319 g/mol. The molecule has 0 saturated carbocycles. The van der Waals surface area contributed by atoms with Gasteiger partial charge >= 0.3 is 0 Å². The molecular weight excluding hydrogens is 309 g/mol. The number of hydrogen-bond donors (Lipinski definition) is 1. The summed E-state index contributed by atoms with van der Waals surface area (Å²) >= 11 is 19.9. The van der Waals surface area contributed by atoms with Gasteiger partial charge < -0.3 is 5.32 Å². The molecule has 1 aromatic heterocycles. The molecule has 0 aliphatic rings. The van der Waals surface area contributed by atoms with E-state index in [-0.39, 0.29) is 6.04 Å². The molecule has 0 fully saturated rings. The van der Waals surface area contributed by atoms with Gasteiger partial charge in [-0.05, 0) is 30.3 Å². The van der Waals surface area contributed by atoms with Crippen molar-refractivity contribution >= 4 is 46.1 Å². The van der Waals surface area contributed by atoms with Crippen molar-refractivity contribution in [1.29, 1.82) is 0 Å². The van der Waals surface area contributed by atoms with Crippen molar-refractivity contribution in [2.24, 2.45) is 0 Å². The molecule has 18 heavy (non-hydrogen) atoms. The van der Waals surface area contributed by atoms with E-state index in [9.17, 15) is 0 Å². The molecule has 0 radical (unpaired) electrons. The smallest absolute Gasteiger partial charge is 0.0931 e. The van der Waals surface area contributed by atoms with Crippen LogP contribution in [0.4, 0.5) is 0 Å². The number of hydrogen-bond acceptors (Lipinski definition) is 2. The first kappa shape index (κ1) is 14.2. The van der Waals surface area contributed by atoms with Crippen LogP contribution >= 0.6 is 46.1 Å². The van der Waals surface area contributed by atoms with E-state index in [0.29, 0.717) is 10.0 Å². The van der Waals surface area contributed by atoms with Crippen LogP contribution in [0.15, 0.2) is 30.3 Å². The summed E-state index contributed by atoms with van der Waals surface area (Å²) in [5.41, 5.74) is 0.976. The zero-order chi connectivity index (χ0) is 13.1. The topological polar surface area (TPSA) is 12.0 Å². The maximum atomic E-state index is 6.28. The predicted octanol–water partition coefficient (Wildman–Crippen LogP) is 5.41. The molecule has 2 rings (SSSR count). The summed E-state index contributed by atoms with van der Waals surface area (Å²) in [7, 11) is 0. The molecule has 96 valence electrons. The minimum atomic E-state index is 0.0266. The Morgan fingerprint density at radius 3 is 2.56 bits per heavy atom. The average molecular weight is 321 g/mol. The highest BCUT2D eigenvalue weighted by Crippen LogP contribution is 2.36. The zero-order valence-electron chi connectivity index (χ0n) is 9.71. The van der Waals surface area contributed by atoms with E-state index in [2.05, 4.69) is 12.2 Å². The lowest BCUT2D eigenvalue weighted by atomic mass is 10.1. The Hall–Kier alpha value is -0.250. The highest BCUT2D eigenvalue weighted by atomic mass is 35.5. The maximum absolute atomic E-state index is 6.28. The molecule has 1 atom stereocenters. The molecule has 1 unspecified atom stereocenters. The second kappa shape index (κ2) is 6.27. The molecular formula is C13H12Cl3NS. The number of benzene rings is 1. The van der Waals surface area contributed by atoms with Gasteiger partial charge in [0.2, 0.25) is 0 Å². The summed E-state index contributed by atoms with van der Waals surface area (Å²) in [5, 5.41) is 4.57. The number of nitrogens with one attached hydrogen (secondary N) is 1. The van der Waals surface area contributed by atoms with Gasteiger partial charge in [-0.1, -0.05) is 53.9 Å². The van der Waals surface area contributed by atoms with Gasteiger partial charge in [-0.15, -0.1) is 11.3 Å². The van der Waals surface area contributed by atoms with Gasteiger partial charge in [0.1, 0.15) is 0 Å². The number of rotatable bonds is 4. The van der Waals surface area contributed by atoms with Gasteiger partial charge in [-0.3, -0.25) is 0 Å². The van der Waals surface area contributed by atoms with Crippen molar-refractivity contribution in [3.8, 4) is 0 Å². The third-order valence-corrected chi connectivity index (χ3v) is 4.71. The van der Waals surface area contributed by atoms with Gasteiger partial charge in [0.15, 0.2) is 0 Å². The molecule has 2 aromatic rings. The fraction of sp³-hybridized carbons (Fsp3) is 0.231. The minimum Gasteiger partial charge on any atom is -0.306 e. The number of halogens is 3. The molecule has 1 aromatic carbocycles. The fourth-order valence-corrected chi connectivity index (χ4v) is 3.37. The van der Waals surface area contributed by atoms with Crippen molar-refractivity contribution < 1.29 is 0 Å². The molecule has 0 amide bonds. The van der Waals surface area contributed by atoms with Crippen LogP contribution in [0, 0.1) is 0 Å². The van der Waals surface area contributed by atoms with Gasteiger partial charge in [0.05, 0.1) is 20.4 Å². The Labute approximate surface area is 126 Å². The van der Waals surface area contributed by atoms with E-state index in [4.69, 9.17) is 34.8 Å². The highest BCUT2D eigenvalue weighted by molar-refractivity contribution is 7.16. The zero-order valence-corrected chi connectivity index (χ0v) is 12.8. The summed E-state index contributed by atoms with van der Waals surface area (Å²) in [6.07, 6.45) is 0. The molecule has 0 aliphatic heterocycles. The van der Waals surface area contributed by atoms with Crippen molar-refractivity contribution in [3.63, 3.8) is 0 Å². The first-order valence-electron chi connectivity index (χ1n) is 5.56. The summed E-state index contributed by atoms with van der Waals surface area (Å²) in [4.78, 5) is 1.13. The van der Waals surface area contributed by atoms with E-state index in [1.807, 2.05) is 24.3 Å². The SMILES string of the molecule is CCNC(c1ccc(Cl)s1)c1cccc(Cl)c1Cl. The average Bonchev–Trinajstić information content (AvgIpc) is 2.77. The van der Waals surface area contributed by atoms with Crippen molar-refractivity contribution in [1.82, 2.24) is 5.32 Å². The van der Waals surface area contributed by atoms with E-state index < -0.39 is 0 Å². The van der Waals surface area contributed by atoms with Crippen LogP contribution in [0.3, 0.4) is 0 Å². The molecule has 0 spiro atoms. The molecule has 1 heterocycles. The normalized spacial score (nSPS) is 12.7. The Bertz CT molecular complexity index is 539. The van der Waals surface area contributed by atoms with Crippen molar-refractivity contribution in [3.05, 3.63) is 55.2 Å². The summed E-state index contributed by atoms with van der Waals surface area (Å²) < 4.78 is 0.769. The standard InChI is InChI=1S/C13H12Cl3NS/c1-2-17-13(10-6-7-11(15)18-10)8-4-3-5-9(14)12(8)16/h3-7,13,17H,2H2,1H3. The number of thiophene rings is 1. The summed E-state index contributed by atoms with van der Waals surface area (Å²) in [6.45, 7) is 2.89. The van der Waals surface area contributed by atoms with Crippen LogP contribution in [0.5, 0.6) is 0 Å². The second-order valence-corrected chi connectivity index (χ2v) is 6.31. The van der Waals surface area contributed by atoms with Crippen LogP contribution < -0.4 is 5.32 Å². The first-order valence-corrected chi connectivity index (χ1v) is 7.51. The lowest BCUT2D eigenvalue weighted by Gasteiger charge is -2.18. The third kappa shape index (κ3) is 3.01. The van der Waals surface area contributed by atoms with Crippen LogP contribution in [-0.4, -0.2) is 6.54 Å². The van der Waals surface area contributed by atoms with Gasteiger partial charge in [-0.2, -0.15) is 0 Å². The predicted molar refractivity (Wildman–Crippen MR) is 81.3 cm³/mol. The van der Waals surface area contributed by atoms with E-state index in [0.717, 1.165) is 21.3 Å². The van der Waals surface area contributed by atoms with Crippen LogP contribution in [0.2, 0.25) is 14.4 Å². The lowest BCUT2D eigenvalue weighted by Crippen LogP contribution is -2.21. The molecule has 0 aliphatic carbocycles. The van der Waals surface area contributed by atoms with Crippen LogP contribution in [0.1, 0.15) is 23.4 Å². The van der Waals surface area contributed by atoms with Gasteiger partial charge in [-0.25, -0.2) is 0 Å². The first-order chi connectivity index (χ1) is 8.63. The van der Waals surface area contributed by atoms with E-state index in [1.54, 1.807) is 17.4 Å². The molecule has 1 nitrogen and oxygen atoms in total. The Balaban J connectivity index is 2.44. The Kier molecular flexibility index (Phi) is 4.93. The minimum absolute atomic E-state index is 0.0266. The van der Waals surface area contributed by atoms with E-state index >= 15 is 0 Å². The van der Waals surface area contributed by atoms with Crippen LogP contribution in [0.25, 0.3) is 0 Å². The van der Waals surface area contributed by atoms with E-state index in [1.165, 1.54) is 0 Å². The molecule has 0 saturated heterocycles. The molecule has 1 N–H and O–H groups in total.